The average Bonchev–Trinajstić information content (AvgIpc) is 2.05. The summed E-state index contributed by atoms with van der Waals surface area (Å²) in [6, 6.07) is -0.0443. The summed E-state index contributed by atoms with van der Waals surface area (Å²) in [5.74, 6) is 0. The molecule has 0 radical (unpaired) electrons. The first-order chi connectivity index (χ1) is 5.72. The van der Waals surface area contributed by atoms with Gasteiger partial charge in [0.25, 0.3) is 0 Å². The molecule has 0 spiro atoms. The molecule has 0 aliphatic rings. The Hall–Kier alpha value is -0.770. The molecule has 0 unspecified atom stereocenters. The van der Waals surface area contributed by atoms with E-state index in [2.05, 4.69) is 5.32 Å². The van der Waals surface area contributed by atoms with Gasteiger partial charge in [0.2, 0.25) is 0 Å². The van der Waals surface area contributed by atoms with Gasteiger partial charge < -0.3 is 15.0 Å². The molecule has 0 aromatic rings. The van der Waals surface area contributed by atoms with Gasteiger partial charge in [-0.1, -0.05) is 0 Å². The lowest BCUT2D eigenvalue weighted by molar-refractivity contribution is 0.126. The number of carbonyl (C=O) groups excluding carboxylic acids is 1. The van der Waals surface area contributed by atoms with Crippen molar-refractivity contribution < 1.29 is 9.53 Å². The van der Waals surface area contributed by atoms with Gasteiger partial charge in [0.05, 0.1) is 6.61 Å². The Bertz CT molecular complexity index is 128. The third-order valence-electron chi connectivity index (χ3n) is 1.45. The van der Waals surface area contributed by atoms with Crippen LogP contribution in [0.4, 0.5) is 4.79 Å². The van der Waals surface area contributed by atoms with Gasteiger partial charge in [0.1, 0.15) is 0 Å². The molecule has 0 aliphatic carbocycles. The smallest absolute Gasteiger partial charge is 0.317 e. The van der Waals surface area contributed by atoms with Crippen LogP contribution in [0.3, 0.4) is 0 Å². The second kappa shape index (κ2) is 6.91. The monoisotopic (exact) mass is 174 g/mol. The minimum atomic E-state index is -0.0443. The van der Waals surface area contributed by atoms with E-state index >= 15 is 0 Å². The predicted octanol–water partition coefficient (Wildman–Crippen LogP) is 0.684. The van der Waals surface area contributed by atoms with Crippen molar-refractivity contribution in [2.75, 3.05) is 33.4 Å². The van der Waals surface area contributed by atoms with Crippen molar-refractivity contribution in [2.24, 2.45) is 0 Å². The topological polar surface area (TPSA) is 41.6 Å². The Kier molecular flexibility index (Phi) is 6.47. The van der Waals surface area contributed by atoms with E-state index in [4.69, 9.17) is 4.74 Å². The minimum absolute atomic E-state index is 0.0443. The van der Waals surface area contributed by atoms with E-state index in [0.29, 0.717) is 26.3 Å². The fourth-order valence-electron chi connectivity index (χ4n) is 0.734. The van der Waals surface area contributed by atoms with Crippen molar-refractivity contribution in [3.63, 3.8) is 0 Å². The number of urea groups is 1. The zero-order chi connectivity index (χ0) is 9.40. The molecule has 0 aromatic heterocycles. The Morgan fingerprint density at radius 1 is 1.50 bits per heavy atom. The van der Waals surface area contributed by atoms with Crippen LogP contribution in [0.5, 0.6) is 0 Å². The lowest BCUT2D eigenvalue weighted by atomic mass is 10.6. The summed E-state index contributed by atoms with van der Waals surface area (Å²) >= 11 is 0. The molecule has 0 atom stereocenters. The van der Waals surface area contributed by atoms with E-state index in [1.54, 1.807) is 11.9 Å². The zero-order valence-electron chi connectivity index (χ0n) is 8.09. The van der Waals surface area contributed by atoms with Crippen LogP contribution in [0.1, 0.15) is 13.8 Å². The lowest BCUT2D eigenvalue weighted by Crippen LogP contribution is -2.38. The number of hydrogen-bond acceptors (Lipinski definition) is 2. The van der Waals surface area contributed by atoms with Gasteiger partial charge in [0, 0.05) is 26.7 Å². The summed E-state index contributed by atoms with van der Waals surface area (Å²) in [5, 5.41) is 2.70. The first-order valence-corrected chi connectivity index (χ1v) is 4.29. The van der Waals surface area contributed by atoms with Crippen LogP contribution < -0.4 is 5.32 Å². The fourth-order valence-corrected chi connectivity index (χ4v) is 0.734. The van der Waals surface area contributed by atoms with E-state index in [1.165, 1.54) is 0 Å². The third kappa shape index (κ3) is 4.96. The van der Waals surface area contributed by atoms with Crippen molar-refractivity contribution in [3.05, 3.63) is 0 Å². The molecule has 0 fully saturated rings. The van der Waals surface area contributed by atoms with E-state index < -0.39 is 0 Å². The van der Waals surface area contributed by atoms with Crippen LogP contribution >= 0.6 is 0 Å². The Morgan fingerprint density at radius 3 is 2.67 bits per heavy atom. The Balaban J connectivity index is 3.42. The standard InChI is InChI=1S/C8H18N2O2/c1-4-9-8(11)10(3)6-7-12-5-2/h4-7H2,1-3H3,(H,9,11). The average molecular weight is 174 g/mol. The number of likely N-dealkylation sites (N-methyl/N-ethyl adjacent to an activating group) is 1. The lowest BCUT2D eigenvalue weighted by Gasteiger charge is -2.16. The largest absolute Gasteiger partial charge is 0.380 e. The van der Waals surface area contributed by atoms with Crippen LogP contribution in [0, 0.1) is 0 Å². The van der Waals surface area contributed by atoms with Gasteiger partial charge in [-0.05, 0) is 13.8 Å². The molecule has 1 N–H and O–H groups in total. The molecule has 12 heavy (non-hydrogen) atoms. The molecule has 0 bridgehead atoms. The summed E-state index contributed by atoms with van der Waals surface area (Å²) in [6.07, 6.45) is 0. The first-order valence-electron chi connectivity index (χ1n) is 4.29. The second-order valence-electron chi connectivity index (χ2n) is 2.45. The molecule has 4 nitrogen and oxygen atoms in total. The quantitative estimate of drug-likeness (QED) is 0.623. The summed E-state index contributed by atoms with van der Waals surface area (Å²) in [5.41, 5.74) is 0. The van der Waals surface area contributed by atoms with E-state index in [9.17, 15) is 4.79 Å². The molecule has 0 aromatic carbocycles. The minimum Gasteiger partial charge on any atom is -0.380 e. The number of nitrogens with one attached hydrogen (secondary N) is 1. The van der Waals surface area contributed by atoms with Gasteiger partial charge in [-0.3, -0.25) is 0 Å². The van der Waals surface area contributed by atoms with Crippen LogP contribution in [0.2, 0.25) is 0 Å². The van der Waals surface area contributed by atoms with Crippen molar-refractivity contribution in [1.82, 2.24) is 10.2 Å². The molecule has 4 heteroatoms. The zero-order valence-corrected chi connectivity index (χ0v) is 8.09. The number of amides is 2. The van der Waals surface area contributed by atoms with Gasteiger partial charge in [-0.15, -0.1) is 0 Å². The maximum atomic E-state index is 11.1. The molecular formula is C8H18N2O2. The van der Waals surface area contributed by atoms with Crippen molar-refractivity contribution in [1.29, 1.82) is 0 Å². The number of rotatable bonds is 5. The van der Waals surface area contributed by atoms with Crippen LogP contribution in [0.15, 0.2) is 0 Å². The van der Waals surface area contributed by atoms with Crippen LogP contribution in [-0.2, 0) is 4.74 Å². The highest BCUT2D eigenvalue weighted by Gasteiger charge is 2.04. The molecular weight excluding hydrogens is 156 g/mol. The Morgan fingerprint density at radius 2 is 2.17 bits per heavy atom. The maximum absolute atomic E-state index is 11.1. The normalized spacial score (nSPS) is 9.58. The van der Waals surface area contributed by atoms with Crippen LogP contribution in [-0.4, -0.2) is 44.3 Å². The molecule has 0 heterocycles. The highest BCUT2D eigenvalue weighted by Crippen LogP contribution is 1.84. The molecule has 2 amide bonds. The van der Waals surface area contributed by atoms with Gasteiger partial charge in [0.15, 0.2) is 0 Å². The van der Waals surface area contributed by atoms with Gasteiger partial charge >= 0.3 is 6.03 Å². The summed E-state index contributed by atoms with van der Waals surface area (Å²) in [6.45, 7) is 6.44. The highest BCUT2D eigenvalue weighted by molar-refractivity contribution is 5.73. The SMILES string of the molecule is CCNC(=O)N(C)CCOCC. The highest BCUT2D eigenvalue weighted by atomic mass is 16.5. The first kappa shape index (κ1) is 11.2. The van der Waals surface area contributed by atoms with Crippen molar-refractivity contribution >= 4 is 6.03 Å². The predicted molar refractivity (Wildman–Crippen MR) is 48.2 cm³/mol. The van der Waals surface area contributed by atoms with Crippen molar-refractivity contribution in [2.45, 2.75) is 13.8 Å². The molecule has 0 rings (SSSR count). The van der Waals surface area contributed by atoms with E-state index in [0.717, 1.165) is 0 Å². The number of nitrogens with zero attached hydrogens (tertiary/aromatic N) is 1. The second-order valence-corrected chi connectivity index (χ2v) is 2.45. The number of ether oxygens (including phenoxy) is 1. The maximum Gasteiger partial charge on any atom is 0.317 e. The van der Waals surface area contributed by atoms with E-state index in [-0.39, 0.29) is 6.03 Å². The van der Waals surface area contributed by atoms with E-state index in [1.807, 2.05) is 13.8 Å². The molecule has 0 saturated carbocycles. The summed E-state index contributed by atoms with van der Waals surface area (Å²) < 4.78 is 5.11. The third-order valence-corrected chi connectivity index (χ3v) is 1.45. The van der Waals surface area contributed by atoms with Crippen LogP contribution in [0.25, 0.3) is 0 Å². The Labute approximate surface area is 73.9 Å². The van der Waals surface area contributed by atoms with Gasteiger partial charge in [-0.25, -0.2) is 4.79 Å². The fraction of sp³-hybridized carbons (Fsp3) is 0.875. The summed E-state index contributed by atoms with van der Waals surface area (Å²) in [4.78, 5) is 12.7. The van der Waals surface area contributed by atoms with Crippen molar-refractivity contribution in [3.8, 4) is 0 Å². The molecule has 0 saturated heterocycles. The van der Waals surface area contributed by atoms with Gasteiger partial charge in [-0.2, -0.15) is 0 Å². The summed E-state index contributed by atoms with van der Waals surface area (Å²) in [7, 11) is 1.75. The number of carbonyl (C=O) groups is 1. The molecule has 0 aliphatic heterocycles. The molecule has 72 valence electrons. The number of hydrogen-bond donors (Lipinski definition) is 1.